The molecule has 1 amide bonds. The fourth-order valence-electron chi connectivity index (χ4n) is 7.06. The first-order valence-electron chi connectivity index (χ1n) is 10.6. The van der Waals surface area contributed by atoms with Gasteiger partial charge >= 0.3 is 0 Å². The first-order valence-corrected chi connectivity index (χ1v) is 11.8. The van der Waals surface area contributed by atoms with Crippen molar-refractivity contribution in [2.45, 2.75) is 64.3 Å². The first kappa shape index (κ1) is 17.2. The maximum Gasteiger partial charge on any atom is 0.237 e. The molecule has 140 valence electrons. The molecule has 1 aromatic rings. The van der Waals surface area contributed by atoms with Crippen LogP contribution in [0, 0.1) is 23.2 Å². The van der Waals surface area contributed by atoms with Crippen LogP contribution in [0.25, 0.3) is 0 Å². The Morgan fingerprint density at radius 1 is 1.12 bits per heavy atom. The molecular weight excluding hydrogens is 338 g/mol. The highest BCUT2D eigenvalue weighted by molar-refractivity contribution is 7.99. The van der Waals surface area contributed by atoms with Crippen LogP contribution in [0.15, 0.2) is 24.3 Å². The molecule has 1 atom stereocenters. The van der Waals surface area contributed by atoms with Crippen LogP contribution >= 0.6 is 11.8 Å². The van der Waals surface area contributed by atoms with Crippen LogP contribution in [0.1, 0.15) is 57.4 Å². The normalized spacial score (nSPS) is 37.2. The Balaban J connectivity index is 1.15. The maximum atomic E-state index is 12.8. The molecule has 3 heteroatoms. The van der Waals surface area contributed by atoms with Crippen molar-refractivity contribution in [3.05, 3.63) is 29.8 Å². The summed E-state index contributed by atoms with van der Waals surface area (Å²) in [4.78, 5) is 14.9. The van der Waals surface area contributed by atoms with E-state index in [1.807, 2.05) is 16.7 Å². The second-order valence-corrected chi connectivity index (χ2v) is 10.8. The Labute approximate surface area is 162 Å². The summed E-state index contributed by atoms with van der Waals surface area (Å²) in [6.07, 6.45) is 11.4. The number of hydrogen-bond acceptors (Lipinski definition) is 2. The lowest BCUT2D eigenvalue weighted by Gasteiger charge is -2.57. The minimum Gasteiger partial charge on any atom is -0.308 e. The third kappa shape index (κ3) is 3.00. The van der Waals surface area contributed by atoms with Gasteiger partial charge in [0.15, 0.2) is 0 Å². The third-order valence-electron chi connectivity index (χ3n) is 7.64. The van der Waals surface area contributed by atoms with Crippen molar-refractivity contribution in [1.29, 1.82) is 0 Å². The third-order valence-corrected chi connectivity index (χ3v) is 8.59. The Kier molecular flexibility index (Phi) is 4.34. The molecule has 0 spiro atoms. The molecule has 0 saturated heterocycles. The highest BCUT2D eigenvalue weighted by atomic mass is 32.2. The fraction of sp³-hybridized carbons (Fsp3) is 0.696. The number of carbonyl (C=O) groups excluding carboxylic acids is 1. The molecule has 26 heavy (non-hydrogen) atoms. The quantitative estimate of drug-likeness (QED) is 0.656. The molecule has 5 aliphatic rings. The van der Waals surface area contributed by atoms with E-state index in [4.69, 9.17) is 0 Å². The van der Waals surface area contributed by atoms with Gasteiger partial charge in [0.25, 0.3) is 0 Å². The lowest BCUT2D eigenvalue weighted by atomic mass is 9.49. The van der Waals surface area contributed by atoms with Crippen LogP contribution in [-0.4, -0.2) is 23.5 Å². The zero-order chi connectivity index (χ0) is 17.7. The summed E-state index contributed by atoms with van der Waals surface area (Å²) in [5.74, 6) is 5.23. The van der Waals surface area contributed by atoms with Gasteiger partial charge in [0.2, 0.25) is 5.91 Å². The van der Waals surface area contributed by atoms with Gasteiger partial charge in [-0.15, -0.1) is 0 Å². The van der Waals surface area contributed by atoms with E-state index in [1.54, 1.807) is 0 Å². The summed E-state index contributed by atoms with van der Waals surface area (Å²) in [6.45, 7) is 2.18. The van der Waals surface area contributed by atoms with Crippen molar-refractivity contribution < 1.29 is 4.79 Å². The molecule has 4 aliphatic carbocycles. The van der Waals surface area contributed by atoms with E-state index < -0.39 is 0 Å². The predicted octanol–water partition coefficient (Wildman–Crippen LogP) is 5.30. The number of carbonyl (C=O) groups is 1. The minimum atomic E-state index is 0.304. The van der Waals surface area contributed by atoms with E-state index in [1.165, 1.54) is 56.3 Å². The topological polar surface area (TPSA) is 20.3 Å². The van der Waals surface area contributed by atoms with Crippen LogP contribution in [0.5, 0.6) is 0 Å². The minimum absolute atomic E-state index is 0.304. The Morgan fingerprint density at radius 2 is 1.77 bits per heavy atom. The Morgan fingerprint density at radius 3 is 2.46 bits per heavy atom. The smallest absolute Gasteiger partial charge is 0.237 e. The number of fused-ring (bicyclic) bond motifs is 1. The molecule has 0 N–H and O–H groups in total. The average Bonchev–Trinajstić information content (AvgIpc) is 2.93. The fourth-order valence-corrected chi connectivity index (χ4v) is 8.09. The van der Waals surface area contributed by atoms with E-state index in [0.717, 1.165) is 29.9 Å². The summed E-state index contributed by atoms with van der Waals surface area (Å²) in [5.41, 5.74) is 3.12. The number of nitrogens with zero attached hydrogens (tertiary/aromatic N) is 1. The van der Waals surface area contributed by atoms with Crippen molar-refractivity contribution >= 4 is 23.4 Å². The molecule has 6 rings (SSSR count). The number of anilines is 1. The highest BCUT2D eigenvalue weighted by Crippen LogP contribution is 2.61. The molecule has 0 aromatic heterocycles. The van der Waals surface area contributed by atoms with Gasteiger partial charge < -0.3 is 4.90 Å². The Hall–Kier alpha value is -0.960. The molecular formula is C23H31NOS. The number of rotatable bonds is 5. The van der Waals surface area contributed by atoms with Crippen molar-refractivity contribution in [3.8, 4) is 0 Å². The summed E-state index contributed by atoms with van der Waals surface area (Å²) in [6, 6.07) is 8.72. The lowest BCUT2D eigenvalue weighted by molar-refractivity contribution is -0.116. The first-order chi connectivity index (χ1) is 12.6. The summed E-state index contributed by atoms with van der Waals surface area (Å²) in [7, 11) is 0. The Bertz CT molecular complexity index is 664. The largest absolute Gasteiger partial charge is 0.308 e. The second kappa shape index (κ2) is 6.58. The van der Waals surface area contributed by atoms with E-state index in [0.29, 0.717) is 23.1 Å². The van der Waals surface area contributed by atoms with Gasteiger partial charge in [-0.2, -0.15) is 11.8 Å². The SMILES string of the molecule is C[C@@H]1Cc2ccccc2N1C(=O)CSCCC12CC3CC(CC(C3)C1)C2. The van der Waals surface area contributed by atoms with Gasteiger partial charge in [0, 0.05) is 11.7 Å². The van der Waals surface area contributed by atoms with E-state index in [-0.39, 0.29) is 0 Å². The van der Waals surface area contributed by atoms with Crippen molar-refractivity contribution in [3.63, 3.8) is 0 Å². The highest BCUT2D eigenvalue weighted by Gasteiger charge is 2.50. The lowest BCUT2D eigenvalue weighted by Crippen LogP contribution is -2.46. The van der Waals surface area contributed by atoms with Gasteiger partial charge in [0.1, 0.15) is 0 Å². The zero-order valence-corrected chi connectivity index (χ0v) is 16.8. The number of benzene rings is 1. The molecule has 0 radical (unpaired) electrons. The van der Waals surface area contributed by atoms with Crippen LogP contribution in [-0.2, 0) is 11.2 Å². The maximum absolute atomic E-state index is 12.8. The predicted molar refractivity (Wildman–Crippen MR) is 110 cm³/mol. The van der Waals surface area contributed by atoms with Crippen molar-refractivity contribution in [1.82, 2.24) is 0 Å². The summed E-state index contributed by atoms with van der Waals surface area (Å²) in [5, 5.41) is 0. The molecule has 4 saturated carbocycles. The zero-order valence-electron chi connectivity index (χ0n) is 16.0. The summed E-state index contributed by atoms with van der Waals surface area (Å²) < 4.78 is 0. The number of hydrogen-bond donors (Lipinski definition) is 0. The molecule has 4 bridgehead atoms. The van der Waals surface area contributed by atoms with Crippen LogP contribution in [0.2, 0.25) is 0 Å². The molecule has 1 aromatic carbocycles. The van der Waals surface area contributed by atoms with E-state index in [9.17, 15) is 4.79 Å². The molecule has 4 fully saturated rings. The van der Waals surface area contributed by atoms with Gasteiger partial charge in [-0.3, -0.25) is 4.79 Å². The van der Waals surface area contributed by atoms with Gasteiger partial charge in [-0.1, -0.05) is 18.2 Å². The summed E-state index contributed by atoms with van der Waals surface area (Å²) >= 11 is 1.88. The second-order valence-electron chi connectivity index (χ2n) is 9.67. The molecule has 2 nitrogen and oxygen atoms in total. The van der Waals surface area contributed by atoms with Gasteiger partial charge in [-0.05, 0) is 98.8 Å². The molecule has 0 unspecified atom stereocenters. The average molecular weight is 370 g/mol. The monoisotopic (exact) mass is 369 g/mol. The van der Waals surface area contributed by atoms with Crippen LogP contribution in [0.3, 0.4) is 0 Å². The van der Waals surface area contributed by atoms with Crippen LogP contribution < -0.4 is 4.90 Å². The van der Waals surface area contributed by atoms with Gasteiger partial charge in [-0.25, -0.2) is 0 Å². The van der Waals surface area contributed by atoms with Crippen LogP contribution in [0.4, 0.5) is 5.69 Å². The molecule has 1 heterocycles. The number of thioether (sulfide) groups is 1. The molecule has 1 aliphatic heterocycles. The number of para-hydroxylation sites is 1. The van der Waals surface area contributed by atoms with E-state index >= 15 is 0 Å². The standard InChI is InChI=1S/C23H31NOS/c1-16-8-20-4-2-3-5-21(20)24(16)22(25)15-26-7-6-23-12-17-9-18(13-23)11-19(10-17)14-23/h2-5,16-19H,6-15H2,1H3/t16-,17?,18?,19?,23?/m1/s1. The number of amides is 1. The van der Waals surface area contributed by atoms with Gasteiger partial charge in [0.05, 0.1) is 5.75 Å². The van der Waals surface area contributed by atoms with E-state index in [2.05, 4.69) is 31.2 Å². The van der Waals surface area contributed by atoms with Crippen molar-refractivity contribution in [2.75, 3.05) is 16.4 Å². The van der Waals surface area contributed by atoms with Crippen molar-refractivity contribution in [2.24, 2.45) is 23.2 Å².